The molecule has 0 aliphatic carbocycles. The number of unbranched alkanes of at least 4 members (excludes halogenated alkanes) is 11. The maximum atomic E-state index is 15.3. The van der Waals surface area contributed by atoms with Crippen molar-refractivity contribution >= 4 is 0 Å². The van der Waals surface area contributed by atoms with E-state index in [9.17, 15) is 4.39 Å². The van der Waals surface area contributed by atoms with Gasteiger partial charge < -0.3 is 4.74 Å². The van der Waals surface area contributed by atoms with E-state index < -0.39 is 23.3 Å². The molecular weight excluding hydrogens is 572 g/mol. The van der Waals surface area contributed by atoms with Gasteiger partial charge >= 0.3 is 0 Å². The predicted octanol–water partition coefficient (Wildman–Crippen LogP) is 12.9. The summed E-state index contributed by atoms with van der Waals surface area (Å²) in [6.07, 6.45) is 18.7. The van der Waals surface area contributed by atoms with Crippen molar-refractivity contribution in [3.8, 4) is 22.3 Å². The average molecular weight is 625 g/mol. The zero-order chi connectivity index (χ0) is 32.0. The first kappa shape index (κ1) is 35.2. The van der Waals surface area contributed by atoms with Crippen molar-refractivity contribution in [3.05, 3.63) is 82.9 Å². The van der Waals surface area contributed by atoms with Crippen LogP contribution in [0.1, 0.15) is 134 Å². The zero-order valence-electron chi connectivity index (χ0n) is 27.4. The third-order valence-corrected chi connectivity index (χ3v) is 9.52. The van der Waals surface area contributed by atoms with Gasteiger partial charge in [-0.1, -0.05) is 139 Å². The van der Waals surface area contributed by atoms with Crippen molar-refractivity contribution in [2.24, 2.45) is 0 Å². The third kappa shape index (κ3) is 9.91. The van der Waals surface area contributed by atoms with Crippen LogP contribution in [0.2, 0.25) is 0 Å². The molecule has 45 heavy (non-hydrogen) atoms. The molecule has 4 rings (SSSR count). The minimum absolute atomic E-state index is 0.150. The summed E-state index contributed by atoms with van der Waals surface area (Å²) in [6, 6.07) is 13.1. The molecule has 0 saturated carbocycles. The molecule has 0 amide bonds. The van der Waals surface area contributed by atoms with Gasteiger partial charge in [-0.25, -0.2) is 17.6 Å². The second-order valence-electron chi connectivity index (χ2n) is 13.0. The van der Waals surface area contributed by atoms with Gasteiger partial charge in [0.2, 0.25) is 0 Å². The van der Waals surface area contributed by atoms with Crippen molar-refractivity contribution < 1.29 is 22.3 Å². The van der Waals surface area contributed by atoms with Gasteiger partial charge in [0.25, 0.3) is 0 Å². The van der Waals surface area contributed by atoms with E-state index in [2.05, 4.69) is 13.8 Å². The molecule has 0 bridgehead atoms. The lowest BCUT2D eigenvalue weighted by Crippen LogP contribution is -2.25. The molecule has 5 heteroatoms. The standard InChI is InChI=1S/C40H52F4O/c1-3-5-7-9-10-11-13-14-16-31-23-25-34(38(42)37(31)41)29-18-20-30(21-19-29)35-26-27-36(40(44)39(35)43)32-22-24-33(45-28-32)17-15-12-8-6-4-2/h18-21,23,25-27,32-33H,3-17,22,24,28H2,1-2H3. The maximum absolute atomic E-state index is 15.3. The number of hydrogen-bond acceptors (Lipinski definition) is 1. The first-order valence-corrected chi connectivity index (χ1v) is 17.6. The molecule has 0 spiro atoms. The van der Waals surface area contributed by atoms with Crippen molar-refractivity contribution in [3.63, 3.8) is 0 Å². The molecule has 0 N–H and O–H groups in total. The molecule has 246 valence electrons. The Morgan fingerprint density at radius 1 is 0.556 bits per heavy atom. The van der Waals surface area contributed by atoms with Crippen molar-refractivity contribution in [2.45, 2.75) is 135 Å². The summed E-state index contributed by atoms with van der Waals surface area (Å²) in [4.78, 5) is 0. The molecular formula is C40H52F4O. The summed E-state index contributed by atoms with van der Waals surface area (Å²) < 4.78 is 66.7. The monoisotopic (exact) mass is 624 g/mol. The van der Waals surface area contributed by atoms with Crippen LogP contribution in [0, 0.1) is 23.3 Å². The number of ether oxygens (including phenoxy) is 1. The zero-order valence-corrected chi connectivity index (χ0v) is 27.4. The predicted molar refractivity (Wildman–Crippen MR) is 179 cm³/mol. The number of rotatable bonds is 18. The largest absolute Gasteiger partial charge is 0.378 e. The molecule has 3 aromatic rings. The lowest BCUT2D eigenvalue weighted by molar-refractivity contribution is -0.00283. The minimum atomic E-state index is -0.888. The number of benzene rings is 3. The first-order chi connectivity index (χ1) is 21.9. The van der Waals surface area contributed by atoms with Gasteiger partial charge in [0.1, 0.15) is 0 Å². The number of hydrogen-bond donors (Lipinski definition) is 0. The van der Waals surface area contributed by atoms with E-state index in [-0.39, 0.29) is 23.1 Å². The first-order valence-electron chi connectivity index (χ1n) is 17.6. The normalized spacial score (nSPS) is 16.8. The smallest absolute Gasteiger partial charge is 0.166 e. The van der Waals surface area contributed by atoms with Crippen LogP contribution in [0.4, 0.5) is 17.6 Å². The summed E-state index contributed by atoms with van der Waals surface area (Å²) >= 11 is 0. The Morgan fingerprint density at radius 3 is 1.67 bits per heavy atom. The van der Waals surface area contributed by atoms with E-state index in [0.29, 0.717) is 35.3 Å². The van der Waals surface area contributed by atoms with Crippen LogP contribution in [0.25, 0.3) is 22.3 Å². The summed E-state index contributed by atoms with van der Waals surface area (Å²) in [7, 11) is 0. The highest BCUT2D eigenvalue weighted by Gasteiger charge is 2.27. The van der Waals surface area contributed by atoms with Gasteiger partial charge in [0.05, 0.1) is 12.7 Å². The quantitative estimate of drug-likeness (QED) is 0.101. The summed E-state index contributed by atoms with van der Waals surface area (Å²) in [5, 5.41) is 0. The molecule has 3 aromatic carbocycles. The number of aryl methyl sites for hydroxylation is 1. The van der Waals surface area contributed by atoms with Gasteiger partial charge in [0.15, 0.2) is 23.3 Å². The Hall–Kier alpha value is -2.66. The second kappa shape index (κ2) is 18.5. The second-order valence-corrected chi connectivity index (χ2v) is 13.0. The van der Waals surface area contributed by atoms with Crippen molar-refractivity contribution in [2.75, 3.05) is 6.61 Å². The van der Waals surface area contributed by atoms with Crippen LogP contribution in [-0.4, -0.2) is 12.7 Å². The van der Waals surface area contributed by atoms with Gasteiger partial charge in [-0.15, -0.1) is 0 Å². The Morgan fingerprint density at radius 2 is 1.09 bits per heavy atom. The van der Waals surface area contributed by atoms with E-state index in [0.717, 1.165) is 44.9 Å². The van der Waals surface area contributed by atoms with Crippen LogP contribution in [0.15, 0.2) is 48.5 Å². The lowest BCUT2D eigenvalue weighted by Gasteiger charge is -2.30. The fourth-order valence-corrected chi connectivity index (χ4v) is 6.64. The van der Waals surface area contributed by atoms with E-state index in [1.165, 1.54) is 57.8 Å². The number of halogens is 4. The molecule has 1 aliphatic rings. The average Bonchev–Trinajstić information content (AvgIpc) is 3.06. The fourth-order valence-electron chi connectivity index (χ4n) is 6.64. The molecule has 1 nitrogen and oxygen atoms in total. The highest BCUT2D eigenvalue weighted by Crippen LogP contribution is 2.36. The lowest BCUT2D eigenvalue weighted by atomic mass is 9.88. The SMILES string of the molecule is CCCCCCCCCCc1ccc(-c2ccc(-c3ccc(C4CCC(CCCCCCC)OC4)c(F)c3F)cc2)c(F)c1F. The molecule has 0 aromatic heterocycles. The summed E-state index contributed by atoms with van der Waals surface area (Å²) in [5.74, 6) is -3.55. The topological polar surface area (TPSA) is 9.23 Å². The van der Waals surface area contributed by atoms with Crippen molar-refractivity contribution in [1.82, 2.24) is 0 Å². The molecule has 2 atom stereocenters. The van der Waals surface area contributed by atoms with Crippen LogP contribution in [0.5, 0.6) is 0 Å². The Bertz CT molecular complexity index is 1310. The molecule has 1 fully saturated rings. The van der Waals surface area contributed by atoms with E-state index >= 15 is 13.2 Å². The van der Waals surface area contributed by atoms with Gasteiger partial charge in [-0.05, 0) is 54.4 Å². The van der Waals surface area contributed by atoms with E-state index in [1.54, 1.807) is 48.5 Å². The van der Waals surface area contributed by atoms with E-state index in [4.69, 9.17) is 4.74 Å². The Kier molecular flexibility index (Phi) is 14.5. The summed E-state index contributed by atoms with van der Waals surface area (Å²) in [5.41, 5.74) is 2.05. The van der Waals surface area contributed by atoms with E-state index in [1.807, 2.05) is 0 Å². The molecule has 2 unspecified atom stereocenters. The highest BCUT2D eigenvalue weighted by atomic mass is 19.2. The van der Waals surface area contributed by atoms with Crippen LogP contribution < -0.4 is 0 Å². The van der Waals surface area contributed by atoms with Crippen molar-refractivity contribution in [1.29, 1.82) is 0 Å². The Labute approximate surface area is 268 Å². The fraction of sp³-hybridized carbons (Fsp3) is 0.550. The maximum Gasteiger partial charge on any atom is 0.166 e. The Balaban J connectivity index is 1.33. The molecule has 0 radical (unpaired) electrons. The van der Waals surface area contributed by atoms with Gasteiger partial charge in [0, 0.05) is 17.0 Å². The van der Waals surface area contributed by atoms with Crippen LogP contribution in [0.3, 0.4) is 0 Å². The van der Waals surface area contributed by atoms with Gasteiger partial charge in [-0.2, -0.15) is 0 Å². The van der Waals surface area contributed by atoms with Crippen LogP contribution in [-0.2, 0) is 11.2 Å². The third-order valence-electron chi connectivity index (χ3n) is 9.52. The highest BCUT2D eigenvalue weighted by molar-refractivity contribution is 5.71. The van der Waals surface area contributed by atoms with Gasteiger partial charge in [-0.3, -0.25) is 0 Å². The minimum Gasteiger partial charge on any atom is -0.378 e. The van der Waals surface area contributed by atoms with Crippen LogP contribution >= 0.6 is 0 Å². The molecule has 1 aliphatic heterocycles. The summed E-state index contributed by atoms with van der Waals surface area (Å²) in [6.45, 7) is 4.82. The molecule has 1 saturated heterocycles. The molecule has 1 heterocycles.